The molecule has 20 heavy (non-hydrogen) atoms. The number of carbonyl (C=O) groups is 1. The Kier molecular flexibility index (Phi) is 4.68. The van der Waals surface area contributed by atoms with Gasteiger partial charge in [-0.1, -0.05) is 6.92 Å². The first-order valence-electron chi connectivity index (χ1n) is 6.19. The summed E-state index contributed by atoms with van der Waals surface area (Å²) in [6.07, 6.45) is 2.42. The largest absolute Gasteiger partial charge is 0.494 e. The predicted octanol–water partition coefficient (Wildman–Crippen LogP) is 3.17. The summed E-state index contributed by atoms with van der Waals surface area (Å²) in [6, 6.07) is 3.98. The van der Waals surface area contributed by atoms with Crippen molar-refractivity contribution in [2.45, 2.75) is 19.4 Å². The maximum atomic E-state index is 13.6. The third-order valence-corrected chi connectivity index (χ3v) is 3.77. The molecule has 0 radical (unpaired) electrons. The number of benzene rings is 1. The van der Waals surface area contributed by atoms with Crippen LogP contribution in [-0.4, -0.2) is 18.0 Å². The number of rotatable bonds is 5. The molecule has 4 nitrogen and oxygen atoms in total. The van der Waals surface area contributed by atoms with Gasteiger partial charge in [0.15, 0.2) is 11.6 Å². The lowest BCUT2D eigenvalue weighted by Crippen LogP contribution is -2.28. The second-order valence-corrected chi connectivity index (χ2v) is 5.08. The molecule has 2 rings (SSSR count). The normalized spacial score (nSPS) is 11.9. The summed E-state index contributed by atoms with van der Waals surface area (Å²) >= 11 is 1.48. The highest BCUT2D eigenvalue weighted by molar-refractivity contribution is 7.09. The van der Waals surface area contributed by atoms with Crippen LogP contribution in [0, 0.1) is 5.82 Å². The molecular formula is C14H15FN2O2S. The zero-order chi connectivity index (χ0) is 14.5. The lowest BCUT2D eigenvalue weighted by atomic mass is 10.1. The molecule has 0 fully saturated rings. The summed E-state index contributed by atoms with van der Waals surface area (Å²) in [4.78, 5) is 16.3. The lowest BCUT2D eigenvalue weighted by molar-refractivity contribution is 0.0935. The van der Waals surface area contributed by atoms with E-state index in [0.29, 0.717) is 0 Å². The second kappa shape index (κ2) is 6.47. The third kappa shape index (κ3) is 3.14. The first kappa shape index (κ1) is 14.5. The smallest absolute Gasteiger partial charge is 0.251 e. The molecule has 1 aromatic carbocycles. The Morgan fingerprint density at radius 3 is 2.90 bits per heavy atom. The number of carbonyl (C=O) groups excluding carboxylic acids is 1. The van der Waals surface area contributed by atoms with Crippen molar-refractivity contribution in [2.75, 3.05) is 7.11 Å². The number of ether oxygens (including phenoxy) is 1. The molecule has 2 aromatic rings. The Morgan fingerprint density at radius 2 is 2.35 bits per heavy atom. The fraction of sp³-hybridized carbons (Fsp3) is 0.286. The number of hydrogen-bond donors (Lipinski definition) is 1. The van der Waals surface area contributed by atoms with Crippen LogP contribution >= 0.6 is 11.3 Å². The Bertz CT molecular complexity index is 587. The van der Waals surface area contributed by atoms with Crippen molar-refractivity contribution in [1.29, 1.82) is 0 Å². The highest BCUT2D eigenvalue weighted by Crippen LogP contribution is 2.21. The van der Waals surface area contributed by atoms with Gasteiger partial charge < -0.3 is 10.1 Å². The second-order valence-electron chi connectivity index (χ2n) is 4.15. The van der Waals surface area contributed by atoms with E-state index < -0.39 is 5.82 Å². The van der Waals surface area contributed by atoms with Crippen molar-refractivity contribution in [2.24, 2.45) is 0 Å². The molecule has 1 aromatic heterocycles. The van der Waals surface area contributed by atoms with Crippen molar-refractivity contribution in [3.63, 3.8) is 0 Å². The summed E-state index contributed by atoms with van der Waals surface area (Å²) in [7, 11) is 1.38. The molecule has 106 valence electrons. The van der Waals surface area contributed by atoms with Gasteiger partial charge in [0.05, 0.1) is 13.2 Å². The number of halogens is 1. The molecule has 1 N–H and O–H groups in total. The van der Waals surface area contributed by atoms with Crippen molar-refractivity contribution < 1.29 is 13.9 Å². The van der Waals surface area contributed by atoms with Gasteiger partial charge in [-0.05, 0) is 24.6 Å². The molecular weight excluding hydrogens is 279 g/mol. The first-order chi connectivity index (χ1) is 9.65. The maximum Gasteiger partial charge on any atom is 0.251 e. The fourth-order valence-corrected chi connectivity index (χ4v) is 2.57. The number of methoxy groups -OCH3 is 1. The van der Waals surface area contributed by atoms with Crippen molar-refractivity contribution >= 4 is 17.2 Å². The molecule has 0 aliphatic carbocycles. The molecule has 0 saturated carbocycles. The van der Waals surface area contributed by atoms with Gasteiger partial charge in [0.2, 0.25) is 0 Å². The molecule has 6 heteroatoms. The first-order valence-corrected chi connectivity index (χ1v) is 7.07. The molecule has 0 saturated heterocycles. The Balaban J connectivity index is 2.13. The Hall–Kier alpha value is -1.95. The van der Waals surface area contributed by atoms with Gasteiger partial charge in [0.25, 0.3) is 5.91 Å². The number of aromatic nitrogens is 1. The van der Waals surface area contributed by atoms with E-state index in [1.807, 2.05) is 12.3 Å². The molecule has 0 aliphatic rings. The van der Waals surface area contributed by atoms with E-state index in [2.05, 4.69) is 10.3 Å². The summed E-state index contributed by atoms with van der Waals surface area (Å²) in [5, 5.41) is 5.55. The number of nitrogens with zero attached hydrogens (tertiary/aromatic N) is 1. The van der Waals surface area contributed by atoms with Gasteiger partial charge in [-0.15, -0.1) is 11.3 Å². The molecule has 1 heterocycles. The van der Waals surface area contributed by atoms with E-state index in [9.17, 15) is 9.18 Å². The SMILES string of the molecule is CCC(NC(=O)c1ccc(OC)c(F)c1)c1nccs1. The van der Waals surface area contributed by atoms with Crippen LogP contribution in [0.3, 0.4) is 0 Å². The Morgan fingerprint density at radius 1 is 1.55 bits per heavy atom. The summed E-state index contributed by atoms with van der Waals surface area (Å²) < 4.78 is 18.4. The summed E-state index contributed by atoms with van der Waals surface area (Å²) in [6.45, 7) is 1.96. The van der Waals surface area contributed by atoms with Crippen LogP contribution in [-0.2, 0) is 0 Å². The average Bonchev–Trinajstić information content (AvgIpc) is 2.98. The molecule has 0 bridgehead atoms. The van der Waals surface area contributed by atoms with Crippen molar-refractivity contribution in [3.05, 3.63) is 46.2 Å². The minimum Gasteiger partial charge on any atom is -0.494 e. The lowest BCUT2D eigenvalue weighted by Gasteiger charge is -2.14. The number of amides is 1. The predicted molar refractivity (Wildman–Crippen MR) is 75.6 cm³/mol. The monoisotopic (exact) mass is 294 g/mol. The van der Waals surface area contributed by atoms with Crippen molar-refractivity contribution in [1.82, 2.24) is 10.3 Å². The van der Waals surface area contributed by atoms with Crippen LogP contribution in [0.5, 0.6) is 5.75 Å². The fourth-order valence-electron chi connectivity index (χ4n) is 1.79. The van der Waals surface area contributed by atoms with Crippen LogP contribution in [0.15, 0.2) is 29.8 Å². The van der Waals surface area contributed by atoms with Gasteiger partial charge in [-0.2, -0.15) is 0 Å². The van der Waals surface area contributed by atoms with Crippen LogP contribution in [0.1, 0.15) is 34.8 Å². The highest BCUT2D eigenvalue weighted by Gasteiger charge is 2.17. The van der Waals surface area contributed by atoms with E-state index >= 15 is 0 Å². The highest BCUT2D eigenvalue weighted by atomic mass is 32.1. The minimum absolute atomic E-state index is 0.119. The van der Waals surface area contributed by atoms with E-state index in [1.54, 1.807) is 6.20 Å². The van der Waals surface area contributed by atoms with E-state index in [-0.39, 0.29) is 23.3 Å². The quantitative estimate of drug-likeness (QED) is 0.921. The van der Waals surface area contributed by atoms with Crippen molar-refractivity contribution in [3.8, 4) is 5.75 Å². The summed E-state index contributed by atoms with van der Waals surface area (Å²) in [5.74, 6) is -0.760. The molecule has 1 amide bonds. The van der Waals surface area contributed by atoms with Gasteiger partial charge in [-0.25, -0.2) is 9.37 Å². The maximum absolute atomic E-state index is 13.6. The van der Waals surface area contributed by atoms with Gasteiger partial charge in [-0.3, -0.25) is 4.79 Å². The molecule has 1 atom stereocenters. The molecule has 0 aliphatic heterocycles. The van der Waals surface area contributed by atoms with Crippen LogP contribution < -0.4 is 10.1 Å². The van der Waals surface area contributed by atoms with Crippen LogP contribution in [0.2, 0.25) is 0 Å². The number of nitrogens with one attached hydrogen (secondary N) is 1. The summed E-state index contributed by atoms with van der Waals surface area (Å²) in [5.41, 5.74) is 0.262. The number of hydrogen-bond acceptors (Lipinski definition) is 4. The van der Waals surface area contributed by atoms with Crippen LogP contribution in [0.4, 0.5) is 4.39 Å². The third-order valence-electron chi connectivity index (χ3n) is 2.88. The molecule has 1 unspecified atom stereocenters. The van der Waals surface area contributed by atoms with E-state index in [1.165, 1.54) is 36.6 Å². The van der Waals surface area contributed by atoms with Crippen LogP contribution in [0.25, 0.3) is 0 Å². The van der Waals surface area contributed by atoms with E-state index in [4.69, 9.17) is 4.74 Å². The van der Waals surface area contributed by atoms with E-state index in [0.717, 1.165) is 11.4 Å². The topological polar surface area (TPSA) is 51.2 Å². The van der Waals surface area contributed by atoms with Gasteiger partial charge in [0, 0.05) is 17.1 Å². The zero-order valence-electron chi connectivity index (χ0n) is 11.2. The average molecular weight is 294 g/mol. The molecule has 0 spiro atoms. The zero-order valence-corrected chi connectivity index (χ0v) is 12.0. The minimum atomic E-state index is -0.553. The van der Waals surface area contributed by atoms with Gasteiger partial charge in [0.1, 0.15) is 5.01 Å². The van der Waals surface area contributed by atoms with Gasteiger partial charge >= 0.3 is 0 Å². The number of thiazole rings is 1. The standard InChI is InChI=1S/C14H15FN2O2S/c1-3-11(14-16-6-7-20-14)17-13(18)9-4-5-12(19-2)10(15)8-9/h4-8,11H,3H2,1-2H3,(H,17,18). The Labute approximate surface area is 120 Å².